The summed E-state index contributed by atoms with van der Waals surface area (Å²) in [4.78, 5) is 0.334. The summed E-state index contributed by atoms with van der Waals surface area (Å²) in [5.41, 5.74) is 7.77. The van der Waals surface area contributed by atoms with Crippen molar-refractivity contribution in [2.24, 2.45) is 5.73 Å². The Morgan fingerprint density at radius 2 is 1.88 bits per heavy atom. The van der Waals surface area contributed by atoms with E-state index in [-0.39, 0.29) is 18.2 Å². The van der Waals surface area contributed by atoms with Crippen LogP contribution in [0.2, 0.25) is 0 Å². The molecule has 2 heterocycles. The van der Waals surface area contributed by atoms with Crippen molar-refractivity contribution in [2.45, 2.75) is 69.0 Å². The van der Waals surface area contributed by atoms with Crippen LogP contribution < -0.4 is 10.5 Å². The minimum atomic E-state index is -3.59. The summed E-state index contributed by atoms with van der Waals surface area (Å²) in [5.74, 6) is 0.737. The highest BCUT2D eigenvalue weighted by Crippen LogP contribution is 2.33. The second kappa shape index (κ2) is 7.84. The zero-order valence-electron chi connectivity index (χ0n) is 15.9. The van der Waals surface area contributed by atoms with Crippen LogP contribution in [0.25, 0.3) is 0 Å². The standard InChI is InChI=1S/C19H30N2O4S/c1-13-10-16(11-14(2)19(13)24-3)26(22,23)21-8-5-4-6-17(21)18-12-15(20)7-9-25-18/h10-11,15,17-18H,4-9,12,20H2,1-3H3. The topological polar surface area (TPSA) is 81.9 Å². The fraction of sp³-hybridized carbons (Fsp3) is 0.684. The molecule has 0 amide bonds. The normalized spacial score (nSPS) is 28.1. The molecule has 1 aromatic carbocycles. The highest BCUT2D eigenvalue weighted by molar-refractivity contribution is 7.89. The van der Waals surface area contributed by atoms with Crippen LogP contribution >= 0.6 is 0 Å². The number of nitrogens with two attached hydrogens (primary N) is 1. The van der Waals surface area contributed by atoms with E-state index in [0.29, 0.717) is 18.0 Å². The van der Waals surface area contributed by atoms with E-state index in [2.05, 4.69) is 0 Å². The summed E-state index contributed by atoms with van der Waals surface area (Å²) in [6, 6.07) is 3.37. The van der Waals surface area contributed by atoms with Gasteiger partial charge in [0.05, 0.1) is 24.2 Å². The number of sulfonamides is 1. The Morgan fingerprint density at radius 3 is 2.50 bits per heavy atom. The molecule has 0 aliphatic carbocycles. The molecule has 1 aromatic rings. The predicted molar refractivity (Wildman–Crippen MR) is 101 cm³/mol. The molecule has 26 heavy (non-hydrogen) atoms. The number of rotatable bonds is 4. The quantitative estimate of drug-likeness (QED) is 0.864. The molecule has 6 nitrogen and oxygen atoms in total. The smallest absolute Gasteiger partial charge is 0.243 e. The SMILES string of the molecule is COc1c(C)cc(S(=O)(=O)N2CCCCC2C2CC(N)CCO2)cc1C. The second-order valence-corrected chi connectivity index (χ2v) is 9.35. The van der Waals surface area contributed by atoms with Gasteiger partial charge in [0, 0.05) is 19.2 Å². The van der Waals surface area contributed by atoms with E-state index >= 15 is 0 Å². The van der Waals surface area contributed by atoms with Gasteiger partial charge < -0.3 is 15.2 Å². The first-order valence-electron chi connectivity index (χ1n) is 9.39. The van der Waals surface area contributed by atoms with Crippen LogP contribution in [0.3, 0.4) is 0 Å². The van der Waals surface area contributed by atoms with Crippen LogP contribution in [0, 0.1) is 13.8 Å². The van der Waals surface area contributed by atoms with Crippen molar-refractivity contribution >= 4 is 10.0 Å². The molecule has 0 saturated carbocycles. The van der Waals surface area contributed by atoms with E-state index in [1.807, 2.05) is 13.8 Å². The summed E-state index contributed by atoms with van der Waals surface area (Å²) < 4.78 is 39.8. The van der Waals surface area contributed by atoms with E-state index in [0.717, 1.165) is 49.0 Å². The Labute approximate surface area is 156 Å². The van der Waals surface area contributed by atoms with E-state index in [4.69, 9.17) is 15.2 Å². The number of nitrogens with zero attached hydrogens (tertiary/aromatic N) is 1. The summed E-state index contributed by atoms with van der Waals surface area (Å²) in [6.07, 6.45) is 4.17. The number of benzene rings is 1. The van der Waals surface area contributed by atoms with Gasteiger partial charge >= 0.3 is 0 Å². The van der Waals surface area contributed by atoms with Crippen LogP contribution in [-0.4, -0.2) is 51.2 Å². The first kappa shape index (κ1) is 19.6. The first-order chi connectivity index (χ1) is 12.3. The lowest BCUT2D eigenvalue weighted by atomic mass is 9.93. The van der Waals surface area contributed by atoms with Gasteiger partial charge in [-0.15, -0.1) is 0 Å². The maximum absolute atomic E-state index is 13.4. The lowest BCUT2D eigenvalue weighted by Crippen LogP contribution is -2.53. The van der Waals surface area contributed by atoms with Crippen molar-refractivity contribution in [3.63, 3.8) is 0 Å². The average molecular weight is 383 g/mol. The molecule has 2 N–H and O–H groups in total. The highest BCUT2D eigenvalue weighted by Gasteiger charge is 2.40. The third-order valence-electron chi connectivity index (χ3n) is 5.53. The van der Waals surface area contributed by atoms with E-state index in [1.54, 1.807) is 23.5 Å². The van der Waals surface area contributed by atoms with E-state index in [9.17, 15) is 8.42 Å². The summed E-state index contributed by atoms with van der Waals surface area (Å²) in [7, 11) is -1.99. The molecule has 3 rings (SSSR count). The van der Waals surface area contributed by atoms with Crippen molar-refractivity contribution < 1.29 is 17.9 Å². The van der Waals surface area contributed by atoms with Crippen molar-refractivity contribution in [3.05, 3.63) is 23.3 Å². The number of aryl methyl sites for hydroxylation is 2. The second-order valence-electron chi connectivity index (χ2n) is 7.46. The molecule has 0 aromatic heterocycles. The molecule has 2 aliphatic rings. The maximum atomic E-state index is 13.4. The van der Waals surface area contributed by atoms with Gasteiger partial charge in [0.1, 0.15) is 5.75 Å². The molecule has 2 saturated heterocycles. The van der Waals surface area contributed by atoms with Crippen LogP contribution in [0.5, 0.6) is 5.75 Å². The molecule has 7 heteroatoms. The lowest BCUT2D eigenvalue weighted by molar-refractivity contribution is -0.0386. The Hall–Kier alpha value is -1.15. The Kier molecular flexibility index (Phi) is 5.91. The molecule has 3 unspecified atom stereocenters. The van der Waals surface area contributed by atoms with Gasteiger partial charge in [-0.25, -0.2) is 8.42 Å². The Balaban J connectivity index is 1.93. The fourth-order valence-electron chi connectivity index (χ4n) is 4.24. The zero-order valence-corrected chi connectivity index (χ0v) is 16.7. The van der Waals surface area contributed by atoms with Gasteiger partial charge in [-0.2, -0.15) is 4.31 Å². The molecule has 2 aliphatic heterocycles. The van der Waals surface area contributed by atoms with Gasteiger partial charge in [0.2, 0.25) is 10.0 Å². The largest absolute Gasteiger partial charge is 0.496 e. The van der Waals surface area contributed by atoms with Gasteiger partial charge in [0.25, 0.3) is 0 Å². The number of ether oxygens (including phenoxy) is 2. The van der Waals surface area contributed by atoms with Gasteiger partial charge in [-0.1, -0.05) is 6.42 Å². The Morgan fingerprint density at radius 1 is 1.19 bits per heavy atom. The summed E-state index contributed by atoms with van der Waals surface area (Å²) in [6.45, 7) is 4.90. The molecule has 2 fully saturated rings. The van der Waals surface area contributed by atoms with E-state index < -0.39 is 10.0 Å². The molecule has 3 atom stereocenters. The third kappa shape index (κ3) is 3.76. The lowest BCUT2D eigenvalue weighted by Gasteiger charge is -2.41. The molecule has 0 bridgehead atoms. The fourth-order valence-corrected chi connectivity index (χ4v) is 6.13. The Bertz CT molecular complexity index is 727. The highest BCUT2D eigenvalue weighted by atomic mass is 32.2. The monoisotopic (exact) mass is 382 g/mol. The predicted octanol–water partition coefficient (Wildman–Crippen LogP) is 2.36. The molecular formula is C19H30N2O4S. The molecular weight excluding hydrogens is 352 g/mol. The van der Waals surface area contributed by atoms with Gasteiger partial charge in [-0.05, 0) is 62.8 Å². The van der Waals surface area contributed by atoms with Crippen molar-refractivity contribution in [1.82, 2.24) is 4.31 Å². The van der Waals surface area contributed by atoms with Crippen molar-refractivity contribution in [2.75, 3.05) is 20.3 Å². The molecule has 0 spiro atoms. The number of methoxy groups -OCH3 is 1. The first-order valence-corrected chi connectivity index (χ1v) is 10.8. The van der Waals surface area contributed by atoms with Crippen LogP contribution in [-0.2, 0) is 14.8 Å². The van der Waals surface area contributed by atoms with Crippen molar-refractivity contribution in [1.29, 1.82) is 0 Å². The third-order valence-corrected chi connectivity index (χ3v) is 7.43. The molecule has 0 radical (unpaired) electrons. The average Bonchev–Trinajstić information content (AvgIpc) is 2.61. The number of piperidine rings is 1. The van der Waals surface area contributed by atoms with Crippen LogP contribution in [0.1, 0.15) is 43.2 Å². The van der Waals surface area contributed by atoms with Gasteiger partial charge in [-0.3, -0.25) is 0 Å². The minimum absolute atomic E-state index is 0.0886. The minimum Gasteiger partial charge on any atom is -0.496 e. The molecule has 146 valence electrons. The van der Waals surface area contributed by atoms with Crippen LogP contribution in [0.4, 0.5) is 0 Å². The maximum Gasteiger partial charge on any atom is 0.243 e. The van der Waals surface area contributed by atoms with Crippen LogP contribution in [0.15, 0.2) is 17.0 Å². The van der Waals surface area contributed by atoms with Gasteiger partial charge in [0.15, 0.2) is 0 Å². The summed E-state index contributed by atoms with van der Waals surface area (Å²) >= 11 is 0. The summed E-state index contributed by atoms with van der Waals surface area (Å²) in [5, 5.41) is 0. The zero-order chi connectivity index (χ0) is 18.9. The van der Waals surface area contributed by atoms with Crippen molar-refractivity contribution in [3.8, 4) is 5.75 Å². The number of hydrogen-bond acceptors (Lipinski definition) is 5. The van der Waals surface area contributed by atoms with E-state index in [1.165, 1.54) is 0 Å². The number of hydrogen-bond donors (Lipinski definition) is 1.